The van der Waals surface area contributed by atoms with E-state index in [9.17, 15) is 14.7 Å². The molecule has 2 aromatic rings. The molecule has 4 rings (SSSR count). The zero-order valence-corrected chi connectivity index (χ0v) is 22.6. The molecule has 0 saturated heterocycles. The maximum Gasteiger partial charge on any atom is 0.408 e. The molecule has 2 aromatic carbocycles. The Morgan fingerprint density at radius 3 is 2.03 bits per heavy atom. The summed E-state index contributed by atoms with van der Waals surface area (Å²) in [5.41, 5.74) is 8.66. The second kappa shape index (κ2) is 11.5. The second-order valence-electron chi connectivity index (χ2n) is 11.0. The third-order valence-corrected chi connectivity index (χ3v) is 6.94. The number of benzene rings is 2. The van der Waals surface area contributed by atoms with E-state index in [0.29, 0.717) is 25.7 Å². The maximum atomic E-state index is 12.0. The summed E-state index contributed by atoms with van der Waals surface area (Å²) in [5.74, 6) is 1.63. The molecule has 0 spiro atoms. The summed E-state index contributed by atoms with van der Waals surface area (Å²) in [7, 11) is 3.27. The van der Waals surface area contributed by atoms with Crippen LogP contribution in [0.5, 0.6) is 11.5 Å². The van der Waals surface area contributed by atoms with Gasteiger partial charge >= 0.3 is 6.09 Å². The highest BCUT2D eigenvalue weighted by molar-refractivity contribution is 5.78. The predicted octanol–water partition coefficient (Wildman–Crippen LogP) is 3.52. The Labute approximate surface area is 219 Å². The highest BCUT2D eigenvalue weighted by Crippen LogP contribution is 2.34. The van der Waals surface area contributed by atoms with E-state index in [1.807, 2.05) is 30.3 Å². The van der Waals surface area contributed by atoms with Crippen LogP contribution in [-0.4, -0.2) is 55.0 Å². The Morgan fingerprint density at radius 2 is 1.54 bits per heavy atom. The van der Waals surface area contributed by atoms with Gasteiger partial charge in [-0.2, -0.15) is 0 Å². The lowest BCUT2D eigenvalue weighted by Crippen LogP contribution is -2.54. The lowest BCUT2D eigenvalue weighted by Gasteiger charge is -2.35. The number of aliphatic hydroxyl groups excluding tert-OH is 1. The van der Waals surface area contributed by atoms with Gasteiger partial charge in [-0.25, -0.2) is 4.79 Å². The molecule has 0 heterocycles. The van der Waals surface area contributed by atoms with Gasteiger partial charge in [0.05, 0.1) is 20.8 Å². The third-order valence-electron chi connectivity index (χ3n) is 6.94. The van der Waals surface area contributed by atoms with E-state index >= 15 is 0 Å². The minimum atomic E-state index is -0.941. The smallest absolute Gasteiger partial charge is 0.408 e. The molecule has 37 heavy (non-hydrogen) atoms. The summed E-state index contributed by atoms with van der Waals surface area (Å²) >= 11 is 0. The molecule has 0 bridgehead atoms. The Kier molecular flexibility index (Phi) is 8.87. The Balaban J connectivity index is 0.000000220. The molecular weight excluding hydrogens is 472 g/mol. The molecule has 0 fully saturated rings. The van der Waals surface area contributed by atoms with Crippen molar-refractivity contribution in [3.63, 3.8) is 0 Å². The lowest BCUT2D eigenvalue weighted by atomic mass is 9.78. The van der Waals surface area contributed by atoms with Crippen LogP contribution in [0.25, 0.3) is 0 Å². The van der Waals surface area contributed by atoms with Crippen molar-refractivity contribution >= 4 is 12.4 Å². The van der Waals surface area contributed by atoms with E-state index in [0.717, 1.165) is 47.3 Å². The number of fused-ring (bicyclic) bond motifs is 2. The molecule has 2 aliphatic carbocycles. The molecule has 1 amide bonds. The molecule has 8 heteroatoms. The van der Waals surface area contributed by atoms with Crippen LogP contribution in [0.1, 0.15) is 55.9 Å². The van der Waals surface area contributed by atoms with Crippen LogP contribution >= 0.6 is 0 Å². The van der Waals surface area contributed by atoms with Crippen molar-refractivity contribution in [3.8, 4) is 11.5 Å². The summed E-state index contributed by atoms with van der Waals surface area (Å²) in [6, 6.07) is 11.9. The third kappa shape index (κ3) is 7.02. The van der Waals surface area contributed by atoms with E-state index in [2.05, 4.69) is 11.4 Å². The number of carbonyl (C=O) groups is 2. The number of carbonyl (C=O) groups excluding carboxylic acids is 2. The average Bonchev–Trinajstić information content (AvgIpc) is 2.87. The molecule has 4 N–H and O–H groups in total. The standard InChI is InChI=1S/C17H23NO4.C12H17NO2/c1-16(2,3)22-15(20)18-17(11-19)9-8-12-6-5-7-14(21-4)13(12)10-17;1-15-11-4-2-3-9-5-6-12(13,8-14)7-10(9)11/h5-7,11H,8-10H2,1-4H3,(H,18,20);2-4,14H,5-8,13H2,1H3. The summed E-state index contributed by atoms with van der Waals surface area (Å²) in [6.45, 7) is 5.41. The van der Waals surface area contributed by atoms with Crippen LogP contribution in [0.2, 0.25) is 0 Å². The minimum Gasteiger partial charge on any atom is -0.496 e. The number of nitrogens with one attached hydrogen (secondary N) is 1. The van der Waals surface area contributed by atoms with Gasteiger partial charge in [-0.3, -0.25) is 0 Å². The molecule has 0 aliphatic heterocycles. The fraction of sp³-hybridized carbons (Fsp3) is 0.517. The van der Waals surface area contributed by atoms with Crippen LogP contribution < -0.4 is 20.5 Å². The normalized spacial score (nSPS) is 22.4. The Morgan fingerprint density at radius 1 is 1.00 bits per heavy atom. The number of hydrogen-bond acceptors (Lipinski definition) is 7. The zero-order valence-electron chi connectivity index (χ0n) is 22.6. The van der Waals surface area contributed by atoms with Crippen LogP contribution in [0.4, 0.5) is 4.79 Å². The number of rotatable bonds is 5. The van der Waals surface area contributed by atoms with E-state index in [-0.39, 0.29) is 6.61 Å². The number of aldehydes is 1. The summed E-state index contributed by atoms with van der Waals surface area (Å²) < 4.78 is 16.0. The molecule has 2 aliphatic rings. The first-order valence-electron chi connectivity index (χ1n) is 12.6. The number of alkyl carbamates (subject to hydrolysis) is 1. The number of nitrogens with two attached hydrogens (primary N) is 1. The van der Waals surface area contributed by atoms with Gasteiger partial charge in [0.25, 0.3) is 0 Å². The van der Waals surface area contributed by atoms with Gasteiger partial charge in [0.15, 0.2) is 0 Å². The highest BCUT2D eigenvalue weighted by Gasteiger charge is 2.38. The number of hydrogen-bond donors (Lipinski definition) is 3. The number of methoxy groups -OCH3 is 2. The molecule has 0 aromatic heterocycles. The van der Waals surface area contributed by atoms with Gasteiger partial charge in [0, 0.05) is 17.5 Å². The molecule has 0 radical (unpaired) electrons. The van der Waals surface area contributed by atoms with Crippen molar-refractivity contribution in [3.05, 3.63) is 58.7 Å². The Hall–Kier alpha value is -3.10. The quantitative estimate of drug-likeness (QED) is 0.524. The summed E-state index contributed by atoms with van der Waals surface area (Å²) in [5, 5.41) is 12.0. The van der Waals surface area contributed by atoms with Crippen LogP contribution in [-0.2, 0) is 35.2 Å². The fourth-order valence-electron chi connectivity index (χ4n) is 4.94. The van der Waals surface area contributed by atoms with E-state index in [1.54, 1.807) is 35.0 Å². The van der Waals surface area contributed by atoms with Gasteiger partial charge in [0.2, 0.25) is 0 Å². The second-order valence-corrected chi connectivity index (χ2v) is 11.0. The maximum absolute atomic E-state index is 12.0. The van der Waals surface area contributed by atoms with Crippen molar-refractivity contribution in [2.75, 3.05) is 20.8 Å². The van der Waals surface area contributed by atoms with Gasteiger partial charge in [-0.1, -0.05) is 24.3 Å². The minimum absolute atomic E-state index is 0.0322. The number of aliphatic hydroxyl groups is 1. The predicted molar refractivity (Wildman–Crippen MR) is 142 cm³/mol. The van der Waals surface area contributed by atoms with Crippen molar-refractivity contribution in [1.82, 2.24) is 5.32 Å². The number of aryl methyl sites for hydroxylation is 2. The molecular formula is C29H40N2O6. The molecule has 202 valence electrons. The largest absolute Gasteiger partial charge is 0.496 e. The lowest BCUT2D eigenvalue weighted by molar-refractivity contribution is -0.113. The van der Waals surface area contributed by atoms with Gasteiger partial charge < -0.3 is 35.2 Å². The zero-order chi connectivity index (χ0) is 27.3. The number of ether oxygens (including phenoxy) is 3. The van der Waals surface area contributed by atoms with Crippen LogP contribution in [0, 0.1) is 0 Å². The molecule has 2 unspecified atom stereocenters. The van der Waals surface area contributed by atoms with E-state index < -0.39 is 22.8 Å². The highest BCUT2D eigenvalue weighted by atomic mass is 16.6. The van der Waals surface area contributed by atoms with E-state index in [1.165, 1.54) is 5.56 Å². The number of amides is 1. The van der Waals surface area contributed by atoms with Gasteiger partial charge in [-0.15, -0.1) is 0 Å². The van der Waals surface area contributed by atoms with Gasteiger partial charge in [-0.05, 0) is 81.7 Å². The first kappa shape index (κ1) is 28.5. The van der Waals surface area contributed by atoms with Crippen molar-refractivity contribution < 1.29 is 28.9 Å². The van der Waals surface area contributed by atoms with Crippen molar-refractivity contribution in [2.24, 2.45) is 5.73 Å². The first-order valence-corrected chi connectivity index (χ1v) is 12.6. The van der Waals surface area contributed by atoms with Crippen molar-refractivity contribution in [2.45, 2.75) is 76.0 Å². The monoisotopic (exact) mass is 512 g/mol. The Bertz CT molecular complexity index is 1080. The van der Waals surface area contributed by atoms with Gasteiger partial charge in [0.1, 0.15) is 28.9 Å². The van der Waals surface area contributed by atoms with Crippen LogP contribution in [0.3, 0.4) is 0 Å². The first-order chi connectivity index (χ1) is 17.5. The molecule has 2 atom stereocenters. The fourth-order valence-corrected chi connectivity index (χ4v) is 4.94. The average molecular weight is 513 g/mol. The topological polar surface area (TPSA) is 120 Å². The van der Waals surface area contributed by atoms with Crippen LogP contribution in [0.15, 0.2) is 36.4 Å². The molecule has 8 nitrogen and oxygen atoms in total. The summed E-state index contributed by atoms with van der Waals surface area (Å²) in [4.78, 5) is 23.7. The van der Waals surface area contributed by atoms with E-state index in [4.69, 9.17) is 19.9 Å². The van der Waals surface area contributed by atoms with Crippen molar-refractivity contribution in [1.29, 1.82) is 0 Å². The SMILES string of the molecule is COc1cccc2c1CC(C=O)(NC(=O)OC(C)(C)C)CC2.COc1cccc2c1CC(N)(CO)CC2. The summed E-state index contributed by atoms with van der Waals surface area (Å²) in [6.07, 6.45) is 4.37. The molecule has 0 saturated carbocycles.